The van der Waals surface area contributed by atoms with Gasteiger partial charge in [-0.15, -0.1) is 0 Å². The maximum absolute atomic E-state index is 14.5. The zero-order chi connectivity index (χ0) is 53.2. The average Bonchev–Trinajstić information content (AvgIpc) is 3.49. The summed E-state index contributed by atoms with van der Waals surface area (Å²) in [5, 5.41) is 0. The molecular weight excluding hydrogens is 985 g/mol. The van der Waals surface area contributed by atoms with Gasteiger partial charge >= 0.3 is 23.9 Å². The Morgan fingerprint density at radius 2 is 0.727 bits per heavy atom. The van der Waals surface area contributed by atoms with E-state index < -0.39 is 91.9 Å². The maximum atomic E-state index is 14.5. The zero-order valence-electron chi connectivity index (χ0n) is 42.1. The summed E-state index contributed by atoms with van der Waals surface area (Å²) in [7, 11) is 1.49. The van der Waals surface area contributed by atoms with Crippen LogP contribution in [0.4, 0.5) is 0 Å². The van der Waals surface area contributed by atoms with Crippen LogP contribution in [0, 0.1) is 0 Å². The highest BCUT2D eigenvalue weighted by atomic mass is 16.8. The van der Waals surface area contributed by atoms with Gasteiger partial charge in [0.05, 0.1) is 48.7 Å². The van der Waals surface area contributed by atoms with E-state index >= 15 is 0 Å². The first-order chi connectivity index (χ1) is 37.8. The summed E-state index contributed by atoms with van der Waals surface area (Å²) < 4.78 is 71.9. The van der Waals surface area contributed by atoms with Crippen molar-refractivity contribution in [3.05, 3.63) is 251 Å². The number of hydrogen-bond acceptors (Lipinski definition) is 15. The van der Waals surface area contributed by atoms with Gasteiger partial charge < -0.3 is 52.1 Å². The smallest absolute Gasteiger partial charge is 0.338 e. The van der Waals surface area contributed by atoms with E-state index in [1.165, 1.54) is 7.11 Å². The van der Waals surface area contributed by atoms with Gasteiger partial charge in [0.1, 0.15) is 37.1 Å². The molecule has 0 unspecified atom stereocenters. The van der Waals surface area contributed by atoms with Crippen molar-refractivity contribution < 1.29 is 71.3 Å². The van der Waals surface area contributed by atoms with Crippen molar-refractivity contribution in [3.8, 4) is 0 Å². The fourth-order valence-corrected chi connectivity index (χ4v) is 8.92. The highest BCUT2D eigenvalue weighted by Gasteiger charge is 2.57. The number of ether oxygens (including phenoxy) is 11. The second kappa shape index (κ2) is 27.3. The minimum absolute atomic E-state index is 0.0649. The van der Waals surface area contributed by atoms with Crippen LogP contribution in [0.3, 0.4) is 0 Å². The van der Waals surface area contributed by atoms with E-state index in [-0.39, 0.29) is 48.7 Å². The molecule has 0 spiro atoms. The van der Waals surface area contributed by atoms with E-state index in [1.54, 1.807) is 121 Å². The monoisotopic (exact) mass is 1040 g/mol. The lowest BCUT2D eigenvalue weighted by Gasteiger charge is -2.49. The van der Waals surface area contributed by atoms with Crippen LogP contribution in [-0.4, -0.2) is 106 Å². The van der Waals surface area contributed by atoms with Gasteiger partial charge in [0, 0.05) is 7.11 Å². The molecule has 2 aliphatic rings. The molecule has 0 aromatic heterocycles. The van der Waals surface area contributed by atoms with Crippen molar-refractivity contribution in [2.24, 2.45) is 0 Å². The first-order valence-corrected chi connectivity index (χ1v) is 25.2. The summed E-state index contributed by atoms with van der Waals surface area (Å²) >= 11 is 0. The molecule has 0 aliphatic carbocycles. The number of hydrogen-bond donors (Lipinski definition) is 0. The van der Waals surface area contributed by atoms with E-state index in [4.69, 9.17) is 52.1 Å². The molecule has 396 valence electrons. The standard InChI is InChI=1S/C62H58O15/c1-67-61-55(70-39-44-27-13-4-14-28-44)53(69-38-43-25-11-3-12-26-43)51(49(72-61)40-68-37-42-23-9-2-10-24-42)77-62-56(76-60(66)48-35-21-8-22-36-48)54(75-59(65)47-33-19-7-20-34-47)52(74-58(64)46-31-17-6-18-32-46)50(73-62)41-71-57(63)45-29-15-5-16-30-45/h2-36,49-56,61-62H,37-41H2,1H3/t49-,50-,51-,52-,53+,54+,55+,56+,61+,62-/m1/s1. The second-order valence-electron chi connectivity index (χ2n) is 18.1. The Morgan fingerprint density at radius 3 is 1.18 bits per heavy atom. The highest BCUT2D eigenvalue weighted by molar-refractivity contribution is 5.91. The molecule has 10 atom stereocenters. The SMILES string of the molecule is CO[C@H]1O[C@H](COCc2ccccc2)[C@@H](O[C@H]2O[C@H](COC(=O)c3ccccc3)[C@@H](OC(=O)c3ccccc3)[C@H](OC(=O)c3ccccc3)[C@@H]2OC(=O)c2ccccc2)[C@H](OCc2ccccc2)[C@@H]1OCc1ccccc1. The number of carbonyl (C=O) groups excluding carboxylic acids is 4. The highest BCUT2D eigenvalue weighted by Crippen LogP contribution is 2.37. The Morgan fingerprint density at radius 1 is 0.364 bits per heavy atom. The molecule has 0 bridgehead atoms. The van der Waals surface area contributed by atoms with Crippen molar-refractivity contribution in [3.63, 3.8) is 0 Å². The molecule has 9 rings (SSSR count). The Kier molecular flexibility index (Phi) is 19.1. The zero-order valence-corrected chi connectivity index (χ0v) is 42.1. The van der Waals surface area contributed by atoms with Crippen LogP contribution in [0.15, 0.2) is 212 Å². The Bertz CT molecular complexity index is 2920. The fraction of sp³-hybridized carbons (Fsp3) is 0.258. The average molecular weight is 1040 g/mol. The number of esters is 4. The third-order valence-electron chi connectivity index (χ3n) is 12.8. The van der Waals surface area contributed by atoms with Gasteiger partial charge in [-0.25, -0.2) is 19.2 Å². The maximum Gasteiger partial charge on any atom is 0.338 e. The van der Waals surface area contributed by atoms with Crippen LogP contribution in [0.2, 0.25) is 0 Å². The number of carbonyl (C=O) groups is 4. The molecule has 2 saturated heterocycles. The fourth-order valence-electron chi connectivity index (χ4n) is 8.92. The number of methoxy groups -OCH3 is 1. The van der Waals surface area contributed by atoms with Crippen LogP contribution < -0.4 is 0 Å². The van der Waals surface area contributed by atoms with E-state index in [0.717, 1.165) is 16.7 Å². The van der Waals surface area contributed by atoms with Gasteiger partial charge in [-0.05, 0) is 65.2 Å². The lowest BCUT2D eigenvalue weighted by atomic mass is 9.95. The first kappa shape index (κ1) is 53.9. The van der Waals surface area contributed by atoms with Crippen molar-refractivity contribution in [2.75, 3.05) is 20.3 Å². The number of benzene rings is 7. The summed E-state index contributed by atoms with van der Waals surface area (Å²) in [5.41, 5.74) is 3.18. The molecule has 0 amide bonds. The molecule has 0 saturated carbocycles. The van der Waals surface area contributed by atoms with Gasteiger partial charge in [-0.3, -0.25) is 0 Å². The van der Waals surface area contributed by atoms with Crippen molar-refractivity contribution in [1.82, 2.24) is 0 Å². The summed E-state index contributed by atoms with van der Waals surface area (Å²) in [6.45, 7) is -0.312. The lowest BCUT2D eigenvalue weighted by Crippen LogP contribution is -2.67. The van der Waals surface area contributed by atoms with Crippen LogP contribution in [0.1, 0.15) is 58.1 Å². The minimum atomic E-state index is -1.73. The van der Waals surface area contributed by atoms with Gasteiger partial charge in [0.25, 0.3) is 0 Å². The van der Waals surface area contributed by atoms with Crippen molar-refractivity contribution >= 4 is 23.9 Å². The molecule has 0 N–H and O–H groups in total. The van der Waals surface area contributed by atoms with E-state index in [9.17, 15) is 19.2 Å². The lowest BCUT2D eigenvalue weighted by molar-refractivity contribution is -0.365. The predicted molar refractivity (Wildman–Crippen MR) is 279 cm³/mol. The van der Waals surface area contributed by atoms with E-state index in [0.29, 0.717) is 0 Å². The summed E-state index contributed by atoms with van der Waals surface area (Å²) in [4.78, 5) is 57.0. The molecule has 15 nitrogen and oxygen atoms in total. The quantitative estimate of drug-likeness (QED) is 0.0464. The summed E-state index contributed by atoms with van der Waals surface area (Å²) in [5.74, 6) is -3.31. The van der Waals surface area contributed by atoms with E-state index in [2.05, 4.69) is 0 Å². The van der Waals surface area contributed by atoms with Crippen LogP contribution in [0.25, 0.3) is 0 Å². The Hall–Kier alpha value is -7.86. The second-order valence-corrected chi connectivity index (χ2v) is 18.1. The van der Waals surface area contributed by atoms with Gasteiger partial charge in [0.15, 0.2) is 30.9 Å². The van der Waals surface area contributed by atoms with Crippen LogP contribution in [-0.2, 0) is 71.9 Å². The Balaban J connectivity index is 1.16. The van der Waals surface area contributed by atoms with E-state index in [1.807, 2.05) is 91.0 Å². The molecule has 2 fully saturated rings. The van der Waals surface area contributed by atoms with Crippen molar-refractivity contribution in [2.45, 2.75) is 81.2 Å². The first-order valence-electron chi connectivity index (χ1n) is 25.2. The molecule has 2 heterocycles. The third kappa shape index (κ3) is 14.5. The van der Waals surface area contributed by atoms with Gasteiger partial charge in [-0.1, -0.05) is 164 Å². The molecule has 77 heavy (non-hydrogen) atoms. The molecule has 15 heteroatoms. The van der Waals surface area contributed by atoms with Crippen LogP contribution in [0.5, 0.6) is 0 Å². The van der Waals surface area contributed by atoms with Gasteiger partial charge in [-0.2, -0.15) is 0 Å². The normalized spacial score (nSPS) is 23.0. The Labute approximate surface area is 446 Å². The minimum Gasteiger partial charge on any atom is -0.459 e. The van der Waals surface area contributed by atoms with Crippen LogP contribution >= 0.6 is 0 Å². The molecule has 2 aliphatic heterocycles. The molecule has 0 radical (unpaired) electrons. The largest absolute Gasteiger partial charge is 0.459 e. The molecule has 7 aromatic rings. The topological polar surface area (TPSA) is 170 Å². The summed E-state index contributed by atoms with van der Waals surface area (Å²) in [6, 6.07) is 61.3. The summed E-state index contributed by atoms with van der Waals surface area (Å²) in [6.07, 6.45) is -13.6. The predicted octanol–water partition coefficient (Wildman–Crippen LogP) is 9.39. The molecule has 7 aromatic carbocycles. The molecular formula is C62H58O15. The van der Waals surface area contributed by atoms with Crippen molar-refractivity contribution in [1.29, 1.82) is 0 Å². The third-order valence-corrected chi connectivity index (χ3v) is 12.8. The van der Waals surface area contributed by atoms with Gasteiger partial charge in [0.2, 0.25) is 0 Å². The number of rotatable bonds is 22.